The van der Waals surface area contributed by atoms with Gasteiger partial charge in [0.15, 0.2) is 10.9 Å². The van der Waals surface area contributed by atoms with E-state index in [-0.39, 0.29) is 23.8 Å². The van der Waals surface area contributed by atoms with Crippen molar-refractivity contribution < 1.29 is 23.9 Å². The number of rotatable bonds is 6. The maximum absolute atomic E-state index is 13.3. The van der Waals surface area contributed by atoms with Gasteiger partial charge in [0.2, 0.25) is 5.91 Å². The van der Waals surface area contributed by atoms with Crippen molar-refractivity contribution in [1.29, 1.82) is 0 Å². The third kappa shape index (κ3) is 4.40. The molecule has 1 heterocycles. The van der Waals surface area contributed by atoms with Gasteiger partial charge in [-0.05, 0) is 92.3 Å². The van der Waals surface area contributed by atoms with Gasteiger partial charge in [0.1, 0.15) is 5.75 Å². The van der Waals surface area contributed by atoms with Crippen LogP contribution in [0.5, 0.6) is 5.75 Å². The quantitative estimate of drug-likeness (QED) is 0.373. The molecule has 9 heteroatoms. The lowest BCUT2D eigenvalue weighted by molar-refractivity contribution is -0.152. The first-order chi connectivity index (χ1) is 15.8. The van der Waals surface area contributed by atoms with E-state index < -0.39 is 5.97 Å². The number of thiocarbonyl (C=S) groups is 1. The Morgan fingerprint density at radius 2 is 1.76 bits per heavy atom. The molecular formula is C24H26N2O5S2. The Hall–Kier alpha value is -2.39. The van der Waals surface area contributed by atoms with Gasteiger partial charge in [-0.2, -0.15) is 5.01 Å². The van der Waals surface area contributed by atoms with Gasteiger partial charge in [-0.25, -0.2) is 4.79 Å². The van der Waals surface area contributed by atoms with Crippen molar-refractivity contribution in [3.63, 3.8) is 0 Å². The Kier molecular flexibility index (Phi) is 5.95. The molecule has 0 radical (unpaired) electrons. The van der Waals surface area contributed by atoms with E-state index in [9.17, 15) is 14.4 Å². The molecule has 1 aliphatic heterocycles. The standard InChI is InChI=1S/C24H26N2O5S2/c1-30-20(27)13-31-18-4-2-14(3-5-18)9-19-21(28)26(23(32)33-19)25-22(29)24-10-15-6-16(11-24)8-17(7-15)12-24/h2-5,9,15-17H,6-8,10-13H2,1H3,(H,25,29)/b19-9-. The first-order valence-corrected chi connectivity index (χ1v) is 12.5. The molecule has 2 amide bonds. The van der Waals surface area contributed by atoms with Crippen LogP contribution in [0.15, 0.2) is 29.2 Å². The highest BCUT2D eigenvalue weighted by Gasteiger charge is 2.55. The van der Waals surface area contributed by atoms with Crippen molar-refractivity contribution >= 4 is 52.2 Å². The summed E-state index contributed by atoms with van der Waals surface area (Å²) in [6.45, 7) is -0.169. The highest BCUT2D eigenvalue weighted by atomic mass is 32.2. The molecular weight excluding hydrogens is 460 g/mol. The summed E-state index contributed by atoms with van der Waals surface area (Å²) < 4.78 is 10.2. The van der Waals surface area contributed by atoms with Gasteiger partial charge in [0.05, 0.1) is 17.4 Å². The van der Waals surface area contributed by atoms with E-state index in [1.165, 1.54) is 43.1 Å². The summed E-state index contributed by atoms with van der Waals surface area (Å²) >= 11 is 6.59. The Morgan fingerprint density at radius 1 is 1.15 bits per heavy atom. The molecule has 174 valence electrons. The highest BCUT2D eigenvalue weighted by Crippen LogP contribution is 2.60. The summed E-state index contributed by atoms with van der Waals surface area (Å²) in [7, 11) is 1.30. The molecule has 1 aromatic rings. The first-order valence-electron chi connectivity index (χ1n) is 11.2. The van der Waals surface area contributed by atoms with Crippen molar-refractivity contribution in [3.05, 3.63) is 34.7 Å². The van der Waals surface area contributed by atoms with Crippen LogP contribution in [-0.2, 0) is 19.1 Å². The SMILES string of the molecule is COC(=O)COc1ccc(/C=C2\SC(=S)N(NC(=O)C34CC5CC(CC(C5)C3)C4)C2=O)cc1. The summed E-state index contributed by atoms with van der Waals surface area (Å²) in [5.41, 5.74) is 3.31. The summed E-state index contributed by atoms with van der Waals surface area (Å²) in [5.74, 6) is 1.64. The lowest BCUT2D eigenvalue weighted by Gasteiger charge is -2.55. The van der Waals surface area contributed by atoms with Crippen molar-refractivity contribution in [1.82, 2.24) is 10.4 Å². The fourth-order valence-corrected chi connectivity index (χ4v) is 7.37. The van der Waals surface area contributed by atoms with E-state index in [0.717, 1.165) is 24.8 Å². The molecule has 7 nitrogen and oxygen atoms in total. The molecule has 33 heavy (non-hydrogen) atoms. The van der Waals surface area contributed by atoms with Gasteiger partial charge in [0, 0.05) is 0 Å². The number of carbonyl (C=O) groups excluding carboxylic acids is 3. The number of thioether (sulfide) groups is 1. The van der Waals surface area contributed by atoms with Gasteiger partial charge in [-0.3, -0.25) is 15.0 Å². The average Bonchev–Trinajstić information content (AvgIpc) is 3.04. The van der Waals surface area contributed by atoms with Crippen LogP contribution >= 0.6 is 24.0 Å². The second-order valence-electron chi connectivity index (χ2n) is 9.59. The predicted octanol–water partition coefficient (Wildman–Crippen LogP) is 3.69. The van der Waals surface area contributed by atoms with Gasteiger partial charge in [0.25, 0.3) is 5.91 Å². The number of ether oxygens (including phenoxy) is 2. The Morgan fingerprint density at radius 3 is 2.33 bits per heavy atom. The van der Waals surface area contributed by atoms with Gasteiger partial charge in [-0.1, -0.05) is 23.9 Å². The van der Waals surface area contributed by atoms with Crippen molar-refractivity contribution in [2.24, 2.45) is 23.2 Å². The Labute approximate surface area is 202 Å². The number of hydrazine groups is 1. The highest BCUT2D eigenvalue weighted by molar-refractivity contribution is 8.26. The molecule has 6 rings (SSSR count). The number of esters is 1. The maximum Gasteiger partial charge on any atom is 0.343 e. The number of nitrogens with one attached hydrogen (secondary N) is 1. The van der Waals surface area contributed by atoms with Crippen LogP contribution in [0.1, 0.15) is 44.1 Å². The van der Waals surface area contributed by atoms with Crippen LogP contribution in [-0.4, -0.2) is 40.8 Å². The van der Waals surface area contributed by atoms with Crippen LogP contribution in [0.2, 0.25) is 0 Å². The summed E-state index contributed by atoms with van der Waals surface area (Å²) in [5, 5.41) is 1.24. The number of benzene rings is 1. The first kappa shape index (κ1) is 22.4. The fourth-order valence-electron chi connectivity index (χ4n) is 6.19. The molecule has 1 saturated heterocycles. The molecule has 0 atom stereocenters. The third-order valence-electron chi connectivity index (χ3n) is 7.29. The number of methoxy groups -OCH3 is 1. The molecule has 4 aliphatic carbocycles. The molecule has 4 bridgehead atoms. The van der Waals surface area contributed by atoms with E-state index in [2.05, 4.69) is 10.2 Å². The van der Waals surface area contributed by atoms with Crippen LogP contribution in [0.3, 0.4) is 0 Å². The smallest absolute Gasteiger partial charge is 0.343 e. The minimum atomic E-state index is -0.460. The average molecular weight is 487 g/mol. The van der Waals surface area contributed by atoms with Gasteiger partial charge < -0.3 is 9.47 Å². The van der Waals surface area contributed by atoms with E-state index in [1.807, 2.05) is 0 Å². The largest absolute Gasteiger partial charge is 0.482 e. The summed E-state index contributed by atoms with van der Waals surface area (Å²) in [6, 6.07) is 7.00. The van der Waals surface area contributed by atoms with E-state index in [0.29, 0.717) is 32.7 Å². The number of carbonyl (C=O) groups is 3. The Bertz CT molecular complexity index is 1000. The van der Waals surface area contributed by atoms with Crippen LogP contribution in [0, 0.1) is 23.2 Å². The second-order valence-corrected chi connectivity index (χ2v) is 11.3. The van der Waals surface area contributed by atoms with Gasteiger partial charge in [-0.15, -0.1) is 0 Å². The minimum absolute atomic E-state index is 0.0498. The lowest BCUT2D eigenvalue weighted by Crippen LogP contribution is -2.57. The fraction of sp³-hybridized carbons (Fsp3) is 0.500. The Balaban J connectivity index is 1.24. The molecule has 5 fully saturated rings. The van der Waals surface area contributed by atoms with E-state index in [1.54, 1.807) is 30.3 Å². The molecule has 0 aromatic heterocycles. The topological polar surface area (TPSA) is 84.9 Å². The molecule has 4 saturated carbocycles. The molecule has 5 aliphatic rings. The maximum atomic E-state index is 13.3. The number of hydrogen-bond acceptors (Lipinski definition) is 7. The van der Waals surface area contributed by atoms with Crippen molar-refractivity contribution in [2.75, 3.05) is 13.7 Å². The van der Waals surface area contributed by atoms with Crippen LogP contribution in [0.25, 0.3) is 6.08 Å². The molecule has 1 aromatic carbocycles. The predicted molar refractivity (Wildman–Crippen MR) is 128 cm³/mol. The second kappa shape index (κ2) is 8.76. The van der Waals surface area contributed by atoms with E-state index >= 15 is 0 Å². The zero-order chi connectivity index (χ0) is 23.2. The normalized spacial score (nSPS) is 31.2. The zero-order valence-electron chi connectivity index (χ0n) is 18.4. The monoisotopic (exact) mass is 486 g/mol. The molecule has 0 spiro atoms. The van der Waals surface area contributed by atoms with Crippen LogP contribution < -0.4 is 10.2 Å². The van der Waals surface area contributed by atoms with Gasteiger partial charge >= 0.3 is 5.97 Å². The number of hydrogen-bond donors (Lipinski definition) is 1. The van der Waals surface area contributed by atoms with E-state index in [4.69, 9.17) is 17.0 Å². The lowest BCUT2D eigenvalue weighted by atomic mass is 9.49. The third-order valence-corrected chi connectivity index (χ3v) is 8.59. The summed E-state index contributed by atoms with van der Waals surface area (Å²) in [4.78, 5) is 38.0. The van der Waals surface area contributed by atoms with Crippen LogP contribution in [0.4, 0.5) is 0 Å². The molecule has 0 unspecified atom stereocenters. The zero-order valence-corrected chi connectivity index (χ0v) is 20.0. The summed E-state index contributed by atoms with van der Waals surface area (Å²) in [6.07, 6.45) is 8.29. The molecule has 1 N–H and O–H groups in total. The number of amides is 2. The minimum Gasteiger partial charge on any atom is -0.482 e. The van der Waals surface area contributed by atoms with Crippen molar-refractivity contribution in [3.8, 4) is 5.75 Å². The van der Waals surface area contributed by atoms with Crippen molar-refractivity contribution in [2.45, 2.75) is 38.5 Å². The number of nitrogens with zero attached hydrogens (tertiary/aromatic N) is 1.